The van der Waals surface area contributed by atoms with Gasteiger partial charge in [0.15, 0.2) is 37.7 Å². The Morgan fingerprint density at radius 3 is 1.24 bits per heavy atom. The number of hydrogen-bond acceptors (Lipinski definition) is 34. The fourth-order valence-corrected chi connectivity index (χ4v) is 9.36. The molecule has 0 amide bonds. The molecule has 0 saturated carbocycles. The van der Waals surface area contributed by atoms with E-state index in [9.17, 15) is 96.2 Å². The molecule has 0 aliphatic carbocycles. The number of carbonyl (C=O) groups is 1. The SMILES string of the molecule is O=C(O)CCCO[C@@H]1OC(CO[C@H]2OC(CO[C@H]3OC(CO)[C@@H](O)[C@H](O)C3O[C@@H]3OC(COO)[C@@H](O)[C@H](O)C3O)[C@@H](O)[C@H](O)C2O)[C@@H](O)[C@H](O[C@H]2OC(CO)[C@@H](O)[C@H](O)C2O[C@H]2OC(COP(=O)(O)O)[C@@H](O)[C@H](O)C2O)C1O. The third-order valence-corrected chi connectivity index (χ3v) is 14.0. The predicted molar refractivity (Wildman–Crippen MR) is 232 cm³/mol. The van der Waals surface area contributed by atoms with Crippen molar-refractivity contribution in [2.24, 2.45) is 0 Å². The second-order valence-electron chi connectivity index (χ2n) is 18.9. The van der Waals surface area contributed by atoms with Crippen LogP contribution < -0.4 is 0 Å². The Morgan fingerprint density at radius 2 is 0.769 bits per heavy atom. The highest BCUT2D eigenvalue weighted by atomic mass is 31.2. The van der Waals surface area contributed by atoms with Gasteiger partial charge in [-0.3, -0.25) is 14.6 Å². The summed E-state index contributed by atoms with van der Waals surface area (Å²) in [6, 6.07) is 0. The van der Waals surface area contributed by atoms with Crippen molar-refractivity contribution >= 4 is 13.8 Å². The molecule has 0 aromatic carbocycles. The molecule has 30 atom stereocenters. The largest absolute Gasteiger partial charge is 0.481 e. The first-order valence-electron chi connectivity index (χ1n) is 24.1. The number of hydrogen-bond donors (Lipinski definition) is 21. The van der Waals surface area contributed by atoms with E-state index in [1.54, 1.807) is 0 Å². The minimum atomic E-state index is -5.21. The van der Waals surface area contributed by atoms with Gasteiger partial charge in [-0.1, -0.05) is 0 Å². The van der Waals surface area contributed by atoms with Crippen LogP contribution in [0.15, 0.2) is 0 Å². The van der Waals surface area contributed by atoms with Crippen LogP contribution in [0.2, 0.25) is 0 Å². The van der Waals surface area contributed by atoms with Crippen molar-refractivity contribution in [3.05, 3.63) is 0 Å². The fraction of sp³-hybridized carbons (Fsp3) is 0.975. The average molecular weight is 1170 g/mol. The number of phosphoric ester groups is 1. The van der Waals surface area contributed by atoms with Crippen molar-refractivity contribution in [3.63, 3.8) is 0 Å². The van der Waals surface area contributed by atoms with E-state index in [0.717, 1.165) is 0 Å². The highest BCUT2D eigenvalue weighted by molar-refractivity contribution is 7.46. The lowest BCUT2D eigenvalue weighted by Gasteiger charge is -2.48. The number of rotatable bonds is 24. The molecule has 38 heteroatoms. The molecule has 6 saturated heterocycles. The molecule has 78 heavy (non-hydrogen) atoms. The third-order valence-electron chi connectivity index (χ3n) is 13.5. The minimum absolute atomic E-state index is 0.180. The molecule has 6 heterocycles. The molecule has 0 aromatic heterocycles. The molecular formula is C40H69O37P. The van der Waals surface area contributed by atoms with Gasteiger partial charge in [0.2, 0.25) is 0 Å². The first-order valence-corrected chi connectivity index (χ1v) is 25.6. The van der Waals surface area contributed by atoms with Crippen LogP contribution in [0, 0.1) is 0 Å². The number of aliphatic hydroxyl groups is 17. The second-order valence-corrected chi connectivity index (χ2v) is 20.1. The van der Waals surface area contributed by atoms with E-state index in [1.807, 2.05) is 0 Å². The van der Waals surface area contributed by atoms with Crippen molar-refractivity contribution in [2.75, 3.05) is 46.2 Å². The molecule has 6 aliphatic rings. The summed E-state index contributed by atoms with van der Waals surface area (Å²) >= 11 is 0. The van der Waals surface area contributed by atoms with E-state index in [0.29, 0.717) is 0 Å². The van der Waals surface area contributed by atoms with Crippen LogP contribution in [-0.2, 0) is 75.6 Å². The Balaban J connectivity index is 1.19. The molecule has 0 aromatic rings. The molecule has 21 N–H and O–H groups in total. The van der Waals surface area contributed by atoms with Crippen molar-refractivity contribution in [2.45, 2.75) is 197 Å². The maximum atomic E-state index is 11.7. The van der Waals surface area contributed by atoms with Gasteiger partial charge < -0.3 is 159 Å². The number of aliphatic hydroxyl groups excluding tert-OH is 17. The van der Waals surface area contributed by atoms with Crippen LogP contribution in [0.4, 0.5) is 0 Å². The van der Waals surface area contributed by atoms with E-state index in [1.165, 1.54) is 0 Å². The quantitative estimate of drug-likeness (QED) is 0.0185. The monoisotopic (exact) mass is 1170 g/mol. The van der Waals surface area contributed by atoms with Crippen LogP contribution in [0.5, 0.6) is 0 Å². The van der Waals surface area contributed by atoms with E-state index in [4.69, 9.17) is 77.0 Å². The highest BCUT2D eigenvalue weighted by Gasteiger charge is 2.56. The minimum Gasteiger partial charge on any atom is -0.481 e. The first kappa shape index (κ1) is 65.5. The molecule has 0 bridgehead atoms. The van der Waals surface area contributed by atoms with Gasteiger partial charge in [-0.15, -0.1) is 0 Å². The topological polar surface area (TPSA) is 588 Å². The van der Waals surface area contributed by atoms with E-state index in [-0.39, 0.29) is 6.42 Å². The van der Waals surface area contributed by atoms with Crippen molar-refractivity contribution in [1.29, 1.82) is 0 Å². The zero-order chi connectivity index (χ0) is 57.7. The van der Waals surface area contributed by atoms with Crippen molar-refractivity contribution in [1.82, 2.24) is 0 Å². The van der Waals surface area contributed by atoms with Gasteiger partial charge in [0.25, 0.3) is 0 Å². The molecular weight excluding hydrogens is 1100 g/mol. The lowest BCUT2D eigenvalue weighted by atomic mass is 9.96. The summed E-state index contributed by atoms with van der Waals surface area (Å²) in [5.74, 6) is -1.24. The maximum absolute atomic E-state index is 11.7. The number of ether oxygens (including phenoxy) is 12. The second kappa shape index (κ2) is 28.8. The summed E-state index contributed by atoms with van der Waals surface area (Å²) in [6.45, 7) is -6.10. The number of carboxylic acid groups (broad SMARTS) is 1. The smallest absolute Gasteiger partial charge is 0.469 e. The van der Waals surface area contributed by atoms with Crippen LogP contribution >= 0.6 is 7.82 Å². The lowest BCUT2D eigenvalue weighted by molar-refractivity contribution is -0.391. The summed E-state index contributed by atoms with van der Waals surface area (Å²) < 4.78 is 83.3. The Hall–Kier alpha value is -1.66. The fourth-order valence-electron chi connectivity index (χ4n) is 9.02. The summed E-state index contributed by atoms with van der Waals surface area (Å²) in [5.41, 5.74) is 0. The maximum Gasteiger partial charge on any atom is 0.469 e. The molecule has 6 fully saturated rings. The number of phosphoric acid groups is 1. The lowest BCUT2D eigenvalue weighted by Crippen LogP contribution is -2.67. The van der Waals surface area contributed by atoms with Gasteiger partial charge in [-0.05, 0) is 6.42 Å². The molecule has 37 nitrogen and oxygen atoms in total. The van der Waals surface area contributed by atoms with Gasteiger partial charge in [0.1, 0.15) is 153 Å². The molecule has 456 valence electrons. The first-order chi connectivity index (χ1) is 36.7. The standard InChI is InChI=1S/C40H69O37P/c41-4-10-17(45)26(54)33(76-37-29(57)24(52)20(48)14(73-37)8-67-60)39(69-10)66-6-12-19(47)23(51)28(56)35(71-12)65-7-13-22(50)32(31(59)36(72-13)64-3-1-2-16(43)44)75-40-34(27(55)18(46)11(5-42)70-40)77-38-30(58)25(53)21(49)15(74-38)9-68-78(61,62)63/h10-15,17-42,45-60H,1-9H2,(H,43,44)(H2,61,62,63)/t10?,11?,12?,13?,14?,15?,17-,18-,19-,20-,21-,22-,23+,24+,25+,26+,27+,28?,29?,30?,31?,32+,33?,34?,35+,36-,37+,38-,39+,40-/m1/s1. The predicted octanol–water partition coefficient (Wildman–Crippen LogP) is -12.6. The molecule has 0 radical (unpaired) electrons. The summed E-state index contributed by atoms with van der Waals surface area (Å²) in [4.78, 5) is 33.5. The normalized spacial score (nSPS) is 47.7. The summed E-state index contributed by atoms with van der Waals surface area (Å²) in [5, 5.41) is 201. The molecule has 0 spiro atoms. The van der Waals surface area contributed by atoms with Gasteiger partial charge in [0.05, 0.1) is 39.6 Å². The Bertz CT molecular complexity index is 1880. The van der Waals surface area contributed by atoms with Crippen LogP contribution in [0.25, 0.3) is 0 Å². The molecule has 12 unspecified atom stereocenters. The van der Waals surface area contributed by atoms with E-state index < -0.39 is 251 Å². The summed E-state index contributed by atoms with van der Waals surface area (Å²) in [7, 11) is -5.21. The zero-order valence-corrected chi connectivity index (χ0v) is 41.4. The number of aliphatic carboxylic acids is 1. The van der Waals surface area contributed by atoms with Crippen LogP contribution in [0.1, 0.15) is 12.8 Å². The third kappa shape index (κ3) is 15.6. The molecule has 6 rings (SSSR count). The van der Waals surface area contributed by atoms with Gasteiger partial charge >= 0.3 is 13.8 Å². The Labute approximate surface area is 439 Å². The van der Waals surface area contributed by atoms with Crippen molar-refractivity contribution < 1.29 is 183 Å². The van der Waals surface area contributed by atoms with Crippen LogP contribution in [0.3, 0.4) is 0 Å². The Kier molecular flexibility index (Phi) is 24.1. The van der Waals surface area contributed by atoms with E-state index >= 15 is 0 Å². The molecule has 6 aliphatic heterocycles. The van der Waals surface area contributed by atoms with Gasteiger partial charge in [-0.25, -0.2) is 9.45 Å². The summed E-state index contributed by atoms with van der Waals surface area (Å²) in [6.07, 6.45) is -60.2. The van der Waals surface area contributed by atoms with Gasteiger partial charge in [0, 0.05) is 6.42 Å². The Morgan fingerprint density at radius 1 is 0.397 bits per heavy atom. The van der Waals surface area contributed by atoms with Gasteiger partial charge in [-0.2, -0.15) is 0 Å². The average Bonchev–Trinajstić information content (AvgIpc) is 3.45. The van der Waals surface area contributed by atoms with E-state index in [2.05, 4.69) is 9.41 Å². The zero-order valence-electron chi connectivity index (χ0n) is 40.6. The number of carboxylic acids is 1. The highest BCUT2D eigenvalue weighted by Crippen LogP contribution is 2.39. The van der Waals surface area contributed by atoms with Crippen molar-refractivity contribution in [3.8, 4) is 0 Å². The van der Waals surface area contributed by atoms with Crippen LogP contribution in [-0.4, -0.2) is 343 Å².